The summed E-state index contributed by atoms with van der Waals surface area (Å²) >= 11 is 3.04. The highest BCUT2D eigenvalue weighted by molar-refractivity contribution is 9.10. The summed E-state index contributed by atoms with van der Waals surface area (Å²) in [6, 6.07) is 4.33. The molecule has 0 saturated heterocycles. The maximum absolute atomic E-state index is 13.2. The van der Waals surface area contributed by atoms with Crippen molar-refractivity contribution in [2.75, 3.05) is 19.6 Å². The molecule has 0 fully saturated rings. The Bertz CT molecular complexity index is 390. The van der Waals surface area contributed by atoms with Gasteiger partial charge in [0.05, 0.1) is 4.47 Å². The number of halogens is 3. The molecule has 102 valence electrons. The molecule has 2 N–H and O–H groups in total. The molecule has 1 rings (SSSR count). The quantitative estimate of drug-likeness (QED) is 0.783. The summed E-state index contributed by atoms with van der Waals surface area (Å²) in [6.45, 7) is 4.27. The van der Waals surface area contributed by atoms with Crippen LogP contribution in [-0.2, 0) is 0 Å². The number of hydrogen-bond acceptors (Lipinski definition) is 2. The number of benzene rings is 1. The molecule has 0 aliphatic rings. The van der Waals surface area contributed by atoms with Gasteiger partial charge < -0.3 is 10.6 Å². The fourth-order valence-corrected chi connectivity index (χ4v) is 1.55. The minimum Gasteiger partial charge on any atom is -0.351 e. The molecule has 1 amide bonds. The Morgan fingerprint density at radius 1 is 1.33 bits per heavy atom. The van der Waals surface area contributed by atoms with Gasteiger partial charge in [-0.05, 0) is 47.1 Å². The Kier molecular flexibility index (Phi) is 8.97. The Labute approximate surface area is 121 Å². The highest BCUT2D eigenvalue weighted by Gasteiger charge is 2.07. The van der Waals surface area contributed by atoms with Gasteiger partial charge >= 0.3 is 0 Å². The fraction of sp³-hybridized carbons (Fsp3) is 0.417. The van der Waals surface area contributed by atoms with Crippen LogP contribution in [0.5, 0.6) is 0 Å². The lowest BCUT2D eigenvalue weighted by Gasteiger charge is -2.06. The highest BCUT2D eigenvalue weighted by Crippen LogP contribution is 2.16. The van der Waals surface area contributed by atoms with Crippen LogP contribution in [0, 0.1) is 5.82 Å². The third kappa shape index (κ3) is 5.80. The molecule has 3 nitrogen and oxygen atoms in total. The van der Waals surface area contributed by atoms with Crippen molar-refractivity contribution in [2.45, 2.75) is 13.3 Å². The molecule has 18 heavy (non-hydrogen) atoms. The van der Waals surface area contributed by atoms with E-state index in [-0.39, 0.29) is 18.3 Å². The summed E-state index contributed by atoms with van der Waals surface area (Å²) in [5.41, 5.74) is 0.334. The van der Waals surface area contributed by atoms with E-state index in [1.165, 1.54) is 12.1 Å². The van der Waals surface area contributed by atoms with Gasteiger partial charge in [-0.15, -0.1) is 12.4 Å². The number of hydrogen-bond donors (Lipinski definition) is 2. The molecule has 0 atom stereocenters. The Hall–Kier alpha value is -0.650. The zero-order chi connectivity index (χ0) is 12.7. The van der Waals surface area contributed by atoms with E-state index in [0.29, 0.717) is 16.6 Å². The van der Waals surface area contributed by atoms with Crippen molar-refractivity contribution < 1.29 is 9.18 Å². The van der Waals surface area contributed by atoms with Crippen LogP contribution in [0.1, 0.15) is 23.7 Å². The van der Waals surface area contributed by atoms with Gasteiger partial charge in [-0.2, -0.15) is 0 Å². The van der Waals surface area contributed by atoms with E-state index in [4.69, 9.17) is 0 Å². The van der Waals surface area contributed by atoms with Gasteiger partial charge in [-0.25, -0.2) is 4.39 Å². The van der Waals surface area contributed by atoms with E-state index in [1.54, 1.807) is 6.07 Å². The Balaban J connectivity index is 0.00000289. The average Bonchev–Trinajstić information content (AvgIpc) is 2.32. The molecule has 6 heteroatoms. The smallest absolute Gasteiger partial charge is 0.251 e. The van der Waals surface area contributed by atoms with Crippen molar-refractivity contribution in [3.05, 3.63) is 34.1 Å². The van der Waals surface area contributed by atoms with Crippen molar-refractivity contribution in [1.29, 1.82) is 0 Å². The molecule has 0 unspecified atom stereocenters. The van der Waals surface area contributed by atoms with E-state index in [0.717, 1.165) is 19.5 Å². The third-order valence-electron chi connectivity index (χ3n) is 2.20. The molecular weight excluding hydrogens is 322 g/mol. The Morgan fingerprint density at radius 2 is 2.06 bits per heavy atom. The zero-order valence-electron chi connectivity index (χ0n) is 10.1. The molecule has 0 spiro atoms. The second-order valence-corrected chi connectivity index (χ2v) is 4.49. The van der Waals surface area contributed by atoms with Crippen molar-refractivity contribution in [3.8, 4) is 0 Å². The predicted molar refractivity (Wildman–Crippen MR) is 76.8 cm³/mol. The maximum Gasteiger partial charge on any atom is 0.251 e. The lowest BCUT2D eigenvalue weighted by atomic mass is 10.2. The lowest BCUT2D eigenvalue weighted by Crippen LogP contribution is -2.32. The molecule has 1 aromatic rings. The first-order valence-electron chi connectivity index (χ1n) is 5.59. The summed E-state index contributed by atoms with van der Waals surface area (Å²) in [6.07, 6.45) is 1.06. The summed E-state index contributed by atoms with van der Waals surface area (Å²) in [5.74, 6) is -0.684. The van der Waals surface area contributed by atoms with Gasteiger partial charge in [-0.1, -0.05) is 6.92 Å². The minimum atomic E-state index is -0.429. The monoisotopic (exact) mass is 338 g/mol. The van der Waals surface area contributed by atoms with Crippen LogP contribution in [0.25, 0.3) is 0 Å². The van der Waals surface area contributed by atoms with Gasteiger partial charge in [-0.3, -0.25) is 4.79 Å². The van der Waals surface area contributed by atoms with E-state index in [2.05, 4.69) is 33.5 Å². The van der Waals surface area contributed by atoms with Crippen LogP contribution in [-0.4, -0.2) is 25.5 Å². The molecule has 0 saturated carbocycles. The largest absolute Gasteiger partial charge is 0.351 e. The lowest BCUT2D eigenvalue weighted by molar-refractivity contribution is 0.0953. The van der Waals surface area contributed by atoms with Gasteiger partial charge in [0.2, 0.25) is 0 Å². The van der Waals surface area contributed by atoms with Gasteiger partial charge in [0.1, 0.15) is 5.82 Å². The summed E-state index contributed by atoms with van der Waals surface area (Å²) in [5, 5.41) is 5.89. The summed E-state index contributed by atoms with van der Waals surface area (Å²) in [4.78, 5) is 11.6. The Morgan fingerprint density at radius 3 is 2.67 bits per heavy atom. The first-order valence-corrected chi connectivity index (χ1v) is 6.38. The second-order valence-electron chi connectivity index (χ2n) is 3.63. The maximum atomic E-state index is 13.2. The molecule has 0 radical (unpaired) electrons. The summed E-state index contributed by atoms with van der Waals surface area (Å²) < 4.78 is 13.5. The number of rotatable bonds is 6. The minimum absolute atomic E-state index is 0. The van der Waals surface area contributed by atoms with Crippen LogP contribution in [0.15, 0.2) is 22.7 Å². The predicted octanol–water partition coefficient (Wildman–Crippen LogP) is 2.74. The van der Waals surface area contributed by atoms with E-state index >= 15 is 0 Å². The molecular formula is C12H17BrClFN2O. The molecule has 0 bridgehead atoms. The van der Waals surface area contributed by atoms with E-state index in [1.807, 2.05) is 0 Å². The number of carbonyl (C=O) groups excluding carboxylic acids is 1. The summed E-state index contributed by atoms with van der Waals surface area (Å²) in [7, 11) is 0. The fourth-order valence-electron chi connectivity index (χ4n) is 1.31. The van der Waals surface area contributed by atoms with E-state index < -0.39 is 5.82 Å². The molecule has 0 heterocycles. The van der Waals surface area contributed by atoms with Crippen molar-refractivity contribution in [2.24, 2.45) is 0 Å². The SMILES string of the molecule is CCCNCCNC(=O)c1ccc(Br)c(F)c1.Cl. The van der Waals surface area contributed by atoms with Gasteiger partial charge in [0, 0.05) is 18.7 Å². The standard InChI is InChI=1S/C12H16BrFN2O.ClH/c1-2-5-15-6-7-16-12(17)9-3-4-10(13)11(14)8-9;/h3-4,8,15H,2,5-7H2,1H3,(H,16,17);1H. The normalized spacial score (nSPS) is 9.72. The van der Waals surface area contributed by atoms with Crippen molar-refractivity contribution in [3.63, 3.8) is 0 Å². The highest BCUT2D eigenvalue weighted by atomic mass is 79.9. The molecule has 1 aromatic carbocycles. The molecule has 0 aromatic heterocycles. The first kappa shape index (κ1) is 17.4. The second kappa shape index (κ2) is 9.30. The molecule has 0 aliphatic carbocycles. The van der Waals surface area contributed by atoms with Gasteiger partial charge in [0.15, 0.2) is 0 Å². The average molecular weight is 340 g/mol. The van der Waals surface area contributed by atoms with Crippen molar-refractivity contribution >= 4 is 34.2 Å². The number of nitrogens with one attached hydrogen (secondary N) is 2. The van der Waals surface area contributed by atoms with Crippen molar-refractivity contribution in [1.82, 2.24) is 10.6 Å². The number of carbonyl (C=O) groups is 1. The first-order chi connectivity index (χ1) is 8.15. The molecule has 0 aliphatic heterocycles. The topological polar surface area (TPSA) is 41.1 Å². The van der Waals surface area contributed by atoms with E-state index in [9.17, 15) is 9.18 Å². The van der Waals surface area contributed by atoms with Gasteiger partial charge in [0.25, 0.3) is 5.91 Å². The van der Waals surface area contributed by atoms with Crippen LogP contribution in [0.3, 0.4) is 0 Å². The van der Waals surface area contributed by atoms with Crippen LogP contribution in [0.4, 0.5) is 4.39 Å². The third-order valence-corrected chi connectivity index (χ3v) is 2.84. The van der Waals surface area contributed by atoms with Crippen LogP contribution < -0.4 is 10.6 Å². The number of amides is 1. The van der Waals surface area contributed by atoms with Crippen LogP contribution >= 0.6 is 28.3 Å². The zero-order valence-corrected chi connectivity index (χ0v) is 12.5. The van der Waals surface area contributed by atoms with Crippen LogP contribution in [0.2, 0.25) is 0 Å².